The predicted octanol–water partition coefficient (Wildman–Crippen LogP) is 0.487. The van der Waals surface area contributed by atoms with Gasteiger partial charge in [-0.1, -0.05) is 0 Å². The van der Waals surface area contributed by atoms with Crippen molar-refractivity contribution in [3.05, 3.63) is 0 Å². The zero-order valence-electron chi connectivity index (χ0n) is 11.9. The number of hydrogen-bond acceptors (Lipinski definition) is 5. The quantitative estimate of drug-likeness (QED) is 0.329. The summed E-state index contributed by atoms with van der Waals surface area (Å²) in [6.07, 6.45) is 4.07. The first-order valence-electron chi connectivity index (χ1n) is 6.84. The van der Waals surface area contributed by atoms with E-state index in [4.69, 9.17) is 5.73 Å². The van der Waals surface area contributed by atoms with Gasteiger partial charge in [0.05, 0.1) is 12.1 Å². The van der Waals surface area contributed by atoms with Crippen LogP contribution in [0.1, 0.15) is 39.0 Å². The molecule has 1 amide bonds. The molecular weight excluding hydrogens is 262 g/mol. The maximum Gasteiger partial charge on any atom is 0.236 e. The summed E-state index contributed by atoms with van der Waals surface area (Å²) >= 11 is 4.09. The maximum atomic E-state index is 11.6. The van der Waals surface area contributed by atoms with Gasteiger partial charge in [-0.3, -0.25) is 9.59 Å². The summed E-state index contributed by atoms with van der Waals surface area (Å²) in [6.45, 7) is 2.20. The van der Waals surface area contributed by atoms with Gasteiger partial charge in [0, 0.05) is 6.54 Å². The van der Waals surface area contributed by atoms with Crippen LogP contribution in [0, 0.1) is 0 Å². The van der Waals surface area contributed by atoms with Crippen LogP contribution in [0.25, 0.3) is 0 Å². The van der Waals surface area contributed by atoms with Crippen molar-refractivity contribution < 1.29 is 9.59 Å². The zero-order chi connectivity index (χ0) is 14.7. The Morgan fingerprint density at radius 2 is 1.89 bits per heavy atom. The largest absolute Gasteiger partial charge is 0.355 e. The first-order valence-corrected chi connectivity index (χ1v) is 7.48. The van der Waals surface area contributed by atoms with Gasteiger partial charge in [-0.2, -0.15) is 12.6 Å². The van der Waals surface area contributed by atoms with Crippen LogP contribution in [0.5, 0.6) is 0 Å². The van der Waals surface area contributed by atoms with Crippen LogP contribution in [-0.4, -0.2) is 43.1 Å². The third-order valence-corrected chi connectivity index (χ3v) is 3.38. The van der Waals surface area contributed by atoms with Crippen molar-refractivity contribution in [3.8, 4) is 0 Å². The Labute approximate surface area is 121 Å². The van der Waals surface area contributed by atoms with Crippen LogP contribution in [-0.2, 0) is 9.59 Å². The van der Waals surface area contributed by atoms with Crippen molar-refractivity contribution in [1.82, 2.24) is 10.6 Å². The number of ketones is 1. The summed E-state index contributed by atoms with van der Waals surface area (Å²) < 4.78 is 0. The van der Waals surface area contributed by atoms with E-state index in [1.54, 1.807) is 14.0 Å². The highest BCUT2D eigenvalue weighted by Gasteiger charge is 2.13. The van der Waals surface area contributed by atoms with Gasteiger partial charge in [-0.05, 0) is 51.8 Å². The topological polar surface area (TPSA) is 84.2 Å². The van der Waals surface area contributed by atoms with Crippen LogP contribution in [0.2, 0.25) is 0 Å². The number of unbranched alkanes of at least 4 members (excludes halogenated alkanes) is 1. The Hall–Kier alpha value is -0.590. The lowest BCUT2D eigenvalue weighted by Crippen LogP contribution is -2.41. The van der Waals surface area contributed by atoms with Crippen molar-refractivity contribution >= 4 is 24.3 Å². The van der Waals surface area contributed by atoms with Crippen LogP contribution in [0.4, 0.5) is 0 Å². The van der Waals surface area contributed by atoms with Gasteiger partial charge >= 0.3 is 0 Å². The standard InChI is InChI=1S/C13H27N3O2S/c1-10(17)12(15-2)7-3-4-8-16-13(18)11(14)6-5-9-19/h11-12,15,19H,3-9,14H2,1-2H3,(H,16,18). The number of Topliss-reactive ketones (excluding diaryl/α,β-unsaturated/α-hetero) is 1. The summed E-state index contributed by atoms with van der Waals surface area (Å²) in [6, 6.07) is -0.511. The van der Waals surface area contributed by atoms with E-state index >= 15 is 0 Å². The average molecular weight is 289 g/mol. The highest BCUT2D eigenvalue weighted by molar-refractivity contribution is 7.80. The minimum atomic E-state index is -0.436. The van der Waals surface area contributed by atoms with Crippen molar-refractivity contribution in [2.45, 2.75) is 51.1 Å². The second kappa shape index (κ2) is 11.3. The highest BCUT2D eigenvalue weighted by atomic mass is 32.1. The summed E-state index contributed by atoms with van der Waals surface area (Å²) in [5, 5.41) is 5.80. The first-order chi connectivity index (χ1) is 9.02. The first kappa shape index (κ1) is 18.4. The van der Waals surface area contributed by atoms with E-state index in [1.807, 2.05) is 0 Å². The monoisotopic (exact) mass is 289 g/mol. The molecule has 0 aliphatic heterocycles. The predicted molar refractivity (Wildman–Crippen MR) is 81.5 cm³/mol. The number of hydrogen-bond donors (Lipinski definition) is 4. The molecule has 6 heteroatoms. The molecule has 5 nitrogen and oxygen atoms in total. The third-order valence-electron chi connectivity index (χ3n) is 3.07. The molecule has 2 atom stereocenters. The second-order valence-electron chi connectivity index (χ2n) is 4.71. The Morgan fingerprint density at radius 3 is 2.42 bits per heavy atom. The lowest BCUT2D eigenvalue weighted by molar-refractivity contribution is -0.122. The van der Waals surface area contributed by atoms with Crippen molar-refractivity contribution in [2.24, 2.45) is 5.73 Å². The summed E-state index contributed by atoms with van der Waals surface area (Å²) in [4.78, 5) is 22.8. The lowest BCUT2D eigenvalue weighted by atomic mass is 10.1. The highest BCUT2D eigenvalue weighted by Crippen LogP contribution is 2.01. The smallest absolute Gasteiger partial charge is 0.236 e. The number of carbonyl (C=O) groups is 2. The van der Waals surface area contributed by atoms with Gasteiger partial charge in [-0.25, -0.2) is 0 Å². The van der Waals surface area contributed by atoms with Crippen molar-refractivity contribution in [3.63, 3.8) is 0 Å². The molecule has 0 bridgehead atoms. The van der Waals surface area contributed by atoms with E-state index in [9.17, 15) is 9.59 Å². The molecule has 0 aromatic heterocycles. The molecule has 112 valence electrons. The van der Waals surface area contributed by atoms with E-state index in [-0.39, 0.29) is 17.7 Å². The normalized spacial score (nSPS) is 13.9. The fourth-order valence-corrected chi connectivity index (χ4v) is 1.99. The number of carbonyl (C=O) groups excluding carboxylic acids is 2. The third kappa shape index (κ3) is 9.02. The molecule has 19 heavy (non-hydrogen) atoms. The molecule has 0 saturated carbocycles. The number of likely N-dealkylation sites (N-methyl/N-ethyl adjacent to an activating group) is 1. The molecule has 0 spiro atoms. The molecule has 0 aromatic rings. The molecule has 0 heterocycles. The fourth-order valence-electron chi connectivity index (χ4n) is 1.81. The number of thiol groups is 1. The van der Waals surface area contributed by atoms with Gasteiger partial charge in [0.25, 0.3) is 0 Å². The molecular formula is C13H27N3O2S. The molecule has 2 unspecified atom stereocenters. The minimum Gasteiger partial charge on any atom is -0.355 e. The average Bonchev–Trinajstić information content (AvgIpc) is 2.39. The Bertz CT molecular complexity index is 275. The van der Waals surface area contributed by atoms with E-state index < -0.39 is 6.04 Å². The molecule has 0 radical (unpaired) electrons. The Balaban J connectivity index is 3.63. The SMILES string of the molecule is CNC(CCCCNC(=O)C(N)CCCS)C(C)=O. The molecule has 4 N–H and O–H groups in total. The van der Waals surface area contributed by atoms with Crippen LogP contribution < -0.4 is 16.4 Å². The van der Waals surface area contributed by atoms with Gasteiger partial charge < -0.3 is 16.4 Å². The molecule has 0 aromatic carbocycles. The van der Waals surface area contributed by atoms with E-state index in [0.717, 1.165) is 31.4 Å². The molecule has 0 rings (SSSR count). The van der Waals surface area contributed by atoms with Gasteiger partial charge in [0.2, 0.25) is 5.91 Å². The van der Waals surface area contributed by atoms with Crippen molar-refractivity contribution in [1.29, 1.82) is 0 Å². The fraction of sp³-hybridized carbons (Fsp3) is 0.846. The van der Waals surface area contributed by atoms with Crippen LogP contribution in [0.3, 0.4) is 0 Å². The number of rotatable bonds is 11. The van der Waals surface area contributed by atoms with E-state index in [2.05, 4.69) is 23.3 Å². The zero-order valence-corrected chi connectivity index (χ0v) is 12.8. The maximum absolute atomic E-state index is 11.6. The Morgan fingerprint density at radius 1 is 1.21 bits per heavy atom. The second-order valence-corrected chi connectivity index (χ2v) is 5.16. The van der Waals surface area contributed by atoms with Crippen molar-refractivity contribution in [2.75, 3.05) is 19.3 Å². The summed E-state index contributed by atoms with van der Waals surface area (Å²) in [5.74, 6) is 0.802. The molecule has 0 aliphatic rings. The van der Waals surface area contributed by atoms with Gasteiger partial charge in [-0.15, -0.1) is 0 Å². The molecule has 0 saturated heterocycles. The van der Waals surface area contributed by atoms with Gasteiger partial charge in [0.15, 0.2) is 0 Å². The lowest BCUT2D eigenvalue weighted by Gasteiger charge is -2.13. The van der Waals surface area contributed by atoms with Crippen LogP contribution >= 0.6 is 12.6 Å². The Kier molecular flexibility index (Phi) is 10.9. The summed E-state index contributed by atoms with van der Waals surface area (Å²) in [7, 11) is 1.79. The number of amides is 1. The number of nitrogens with one attached hydrogen (secondary N) is 2. The summed E-state index contributed by atoms with van der Waals surface area (Å²) in [5.41, 5.74) is 5.73. The van der Waals surface area contributed by atoms with E-state index in [0.29, 0.717) is 13.0 Å². The number of nitrogens with two attached hydrogens (primary N) is 1. The van der Waals surface area contributed by atoms with Gasteiger partial charge in [0.1, 0.15) is 5.78 Å². The minimum absolute atomic E-state index is 0.0756. The van der Waals surface area contributed by atoms with Crippen LogP contribution in [0.15, 0.2) is 0 Å². The van der Waals surface area contributed by atoms with E-state index in [1.165, 1.54) is 0 Å². The molecule has 0 fully saturated rings. The molecule has 0 aliphatic carbocycles.